The number of carbonyl (C=O) groups is 1. The summed E-state index contributed by atoms with van der Waals surface area (Å²) in [6.45, 7) is 1.96. The molecule has 0 saturated heterocycles. The molecule has 11 heavy (non-hydrogen) atoms. The highest BCUT2D eigenvalue weighted by molar-refractivity contribution is 5.65. The van der Waals surface area contributed by atoms with E-state index in [4.69, 9.17) is 10.8 Å². The van der Waals surface area contributed by atoms with E-state index in [2.05, 4.69) is 5.32 Å². The third-order valence-electron chi connectivity index (χ3n) is 2.25. The molecule has 1 aliphatic rings. The van der Waals surface area contributed by atoms with Crippen LogP contribution in [0, 0.1) is 5.92 Å². The maximum Gasteiger partial charge on any atom is 0.404 e. The summed E-state index contributed by atoms with van der Waals surface area (Å²) in [6.07, 6.45) is 0.853. The molecule has 4 nitrogen and oxygen atoms in total. The SMILES string of the molecule is C[C@H](N)C1CC(NC(=O)O)C1. The van der Waals surface area contributed by atoms with Gasteiger partial charge in [0, 0.05) is 12.1 Å². The van der Waals surface area contributed by atoms with Crippen molar-refractivity contribution in [3.05, 3.63) is 0 Å². The average Bonchev–Trinajstić information content (AvgIpc) is 1.75. The minimum Gasteiger partial charge on any atom is -0.465 e. The third kappa shape index (κ3) is 2.08. The van der Waals surface area contributed by atoms with Crippen molar-refractivity contribution in [1.29, 1.82) is 0 Å². The van der Waals surface area contributed by atoms with E-state index in [0.29, 0.717) is 5.92 Å². The molecule has 0 aliphatic heterocycles. The lowest BCUT2D eigenvalue weighted by molar-refractivity contribution is 0.158. The van der Waals surface area contributed by atoms with Crippen molar-refractivity contribution in [2.75, 3.05) is 0 Å². The van der Waals surface area contributed by atoms with Gasteiger partial charge in [0.1, 0.15) is 0 Å². The fourth-order valence-corrected chi connectivity index (χ4v) is 1.38. The van der Waals surface area contributed by atoms with E-state index in [1.165, 1.54) is 0 Å². The van der Waals surface area contributed by atoms with Gasteiger partial charge in [0.05, 0.1) is 0 Å². The second-order valence-corrected chi connectivity index (χ2v) is 3.24. The monoisotopic (exact) mass is 158 g/mol. The first-order valence-electron chi connectivity index (χ1n) is 3.84. The van der Waals surface area contributed by atoms with E-state index in [1.54, 1.807) is 0 Å². The van der Waals surface area contributed by atoms with Gasteiger partial charge in [0.2, 0.25) is 0 Å². The number of hydrogen-bond donors (Lipinski definition) is 3. The van der Waals surface area contributed by atoms with Gasteiger partial charge in [-0.05, 0) is 25.7 Å². The van der Waals surface area contributed by atoms with Crippen LogP contribution >= 0.6 is 0 Å². The molecule has 1 fully saturated rings. The minimum atomic E-state index is -0.932. The molecule has 1 atom stereocenters. The van der Waals surface area contributed by atoms with Crippen LogP contribution in [-0.2, 0) is 0 Å². The zero-order chi connectivity index (χ0) is 8.43. The summed E-state index contributed by atoms with van der Waals surface area (Å²) in [5, 5.41) is 10.8. The van der Waals surface area contributed by atoms with E-state index in [9.17, 15) is 4.79 Å². The van der Waals surface area contributed by atoms with E-state index < -0.39 is 6.09 Å². The summed E-state index contributed by atoms with van der Waals surface area (Å²) < 4.78 is 0. The standard InChI is InChI=1S/C7H14N2O2/c1-4(8)5-2-6(3-5)9-7(10)11/h4-6,9H,2-3,8H2,1H3,(H,10,11)/t4-,5?,6?/m0/s1. The molecule has 0 bridgehead atoms. The molecule has 0 unspecified atom stereocenters. The number of nitrogens with one attached hydrogen (secondary N) is 1. The van der Waals surface area contributed by atoms with Crippen molar-refractivity contribution >= 4 is 6.09 Å². The highest BCUT2D eigenvalue weighted by Gasteiger charge is 2.32. The van der Waals surface area contributed by atoms with Crippen LogP contribution in [0.15, 0.2) is 0 Å². The van der Waals surface area contributed by atoms with E-state index >= 15 is 0 Å². The van der Waals surface area contributed by atoms with Crippen molar-refractivity contribution in [2.24, 2.45) is 11.7 Å². The third-order valence-corrected chi connectivity index (χ3v) is 2.25. The Balaban J connectivity index is 2.14. The topological polar surface area (TPSA) is 75.3 Å². The van der Waals surface area contributed by atoms with Gasteiger partial charge in [-0.25, -0.2) is 4.79 Å². The average molecular weight is 158 g/mol. The van der Waals surface area contributed by atoms with Crippen LogP contribution in [0.2, 0.25) is 0 Å². The van der Waals surface area contributed by atoms with Crippen LogP contribution < -0.4 is 11.1 Å². The van der Waals surface area contributed by atoms with Crippen LogP contribution in [-0.4, -0.2) is 23.3 Å². The van der Waals surface area contributed by atoms with Crippen molar-refractivity contribution in [3.8, 4) is 0 Å². The molecular formula is C7H14N2O2. The fourth-order valence-electron chi connectivity index (χ4n) is 1.38. The van der Waals surface area contributed by atoms with Crippen molar-refractivity contribution in [3.63, 3.8) is 0 Å². The lowest BCUT2D eigenvalue weighted by Gasteiger charge is -2.37. The Morgan fingerprint density at radius 3 is 2.64 bits per heavy atom. The summed E-state index contributed by atoms with van der Waals surface area (Å²) in [4.78, 5) is 10.1. The quantitative estimate of drug-likeness (QED) is 0.543. The Morgan fingerprint density at radius 1 is 1.73 bits per heavy atom. The summed E-state index contributed by atoms with van der Waals surface area (Å²) in [5.74, 6) is 0.506. The van der Waals surface area contributed by atoms with E-state index in [0.717, 1.165) is 12.8 Å². The molecule has 64 valence electrons. The fraction of sp³-hybridized carbons (Fsp3) is 0.857. The maximum atomic E-state index is 10.1. The Bertz CT molecular complexity index is 153. The number of hydrogen-bond acceptors (Lipinski definition) is 2. The molecule has 1 amide bonds. The Kier molecular flexibility index (Phi) is 2.34. The van der Waals surface area contributed by atoms with Crippen molar-refractivity contribution < 1.29 is 9.90 Å². The molecule has 0 aromatic rings. The number of nitrogens with two attached hydrogens (primary N) is 1. The predicted molar refractivity (Wildman–Crippen MR) is 41.3 cm³/mol. The van der Waals surface area contributed by atoms with Crippen LogP contribution in [0.1, 0.15) is 19.8 Å². The molecule has 4 heteroatoms. The van der Waals surface area contributed by atoms with Gasteiger partial charge >= 0.3 is 6.09 Å². The van der Waals surface area contributed by atoms with E-state index in [-0.39, 0.29) is 12.1 Å². The summed E-state index contributed by atoms with van der Waals surface area (Å²) in [5.41, 5.74) is 5.62. The minimum absolute atomic E-state index is 0.142. The molecule has 0 spiro atoms. The summed E-state index contributed by atoms with van der Waals surface area (Å²) in [6, 6.07) is 0.338. The molecular weight excluding hydrogens is 144 g/mol. The highest BCUT2D eigenvalue weighted by atomic mass is 16.4. The van der Waals surface area contributed by atoms with Gasteiger partial charge in [-0.3, -0.25) is 0 Å². The van der Waals surface area contributed by atoms with Crippen molar-refractivity contribution in [2.45, 2.75) is 31.8 Å². The van der Waals surface area contributed by atoms with Gasteiger partial charge in [-0.1, -0.05) is 0 Å². The van der Waals surface area contributed by atoms with Gasteiger partial charge in [0.25, 0.3) is 0 Å². The first-order chi connectivity index (χ1) is 5.09. The van der Waals surface area contributed by atoms with Gasteiger partial charge in [-0.2, -0.15) is 0 Å². The normalized spacial score (nSPS) is 32.2. The smallest absolute Gasteiger partial charge is 0.404 e. The largest absolute Gasteiger partial charge is 0.465 e. The molecule has 0 radical (unpaired) electrons. The lowest BCUT2D eigenvalue weighted by Crippen LogP contribution is -2.48. The summed E-state index contributed by atoms with van der Waals surface area (Å²) >= 11 is 0. The van der Waals surface area contributed by atoms with Crippen LogP contribution in [0.3, 0.4) is 0 Å². The van der Waals surface area contributed by atoms with Crippen LogP contribution in [0.25, 0.3) is 0 Å². The number of amides is 1. The zero-order valence-corrected chi connectivity index (χ0v) is 6.58. The molecule has 4 N–H and O–H groups in total. The number of carboxylic acid groups (broad SMARTS) is 1. The van der Waals surface area contributed by atoms with Crippen molar-refractivity contribution in [1.82, 2.24) is 5.32 Å². The first-order valence-corrected chi connectivity index (χ1v) is 3.84. The molecule has 0 heterocycles. The molecule has 1 aliphatic carbocycles. The van der Waals surface area contributed by atoms with Gasteiger partial charge < -0.3 is 16.2 Å². The summed E-state index contributed by atoms with van der Waals surface area (Å²) in [7, 11) is 0. The molecule has 1 saturated carbocycles. The van der Waals surface area contributed by atoms with Gasteiger partial charge in [-0.15, -0.1) is 0 Å². The lowest BCUT2D eigenvalue weighted by atomic mass is 9.76. The first kappa shape index (κ1) is 8.33. The Hall–Kier alpha value is -0.770. The van der Waals surface area contributed by atoms with E-state index in [1.807, 2.05) is 6.92 Å². The predicted octanol–water partition coefficient (Wildman–Crippen LogP) is 0.380. The number of rotatable bonds is 2. The van der Waals surface area contributed by atoms with Crippen LogP contribution in [0.4, 0.5) is 4.79 Å². The molecule has 0 aromatic carbocycles. The van der Waals surface area contributed by atoms with Crippen LogP contribution in [0.5, 0.6) is 0 Å². The second-order valence-electron chi connectivity index (χ2n) is 3.24. The van der Waals surface area contributed by atoms with Gasteiger partial charge in [0.15, 0.2) is 0 Å². The zero-order valence-electron chi connectivity index (χ0n) is 6.58. The second kappa shape index (κ2) is 3.09. The molecule has 0 aromatic heterocycles. The highest BCUT2D eigenvalue weighted by Crippen LogP contribution is 2.29. The maximum absolute atomic E-state index is 10.1. The Labute approximate surface area is 65.8 Å². The molecule has 1 rings (SSSR count). The Morgan fingerprint density at radius 2 is 2.27 bits per heavy atom.